The molecule has 138 valence electrons. The van der Waals surface area contributed by atoms with Crippen LogP contribution in [0, 0.1) is 0 Å². The first kappa shape index (κ1) is 19.2. The number of para-hydroxylation sites is 1. The summed E-state index contributed by atoms with van der Waals surface area (Å²) >= 11 is 0. The molecule has 2 N–H and O–H groups in total. The summed E-state index contributed by atoms with van der Waals surface area (Å²) in [6.45, 7) is 6.98. The molecule has 0 spiro atoms. The summed E-state index contributed by atoms with van der Waals surface area (Å²) in [6.07, 6.45) is 0.903. The SMILES string of the molecule is CCOC(=O)Nc1cnc(Nc2ccccc2)c(C(=O)N(CC)CC)c1. The Morgan fingerprint density at radius 3 is 2.38 bits per heavy atom. The van der Waals surface area contributed by atoms with E-state index in [9.17, 15) is 9.59 Å². The molecule has 0 fully saturated rings. The third-order valence-corrected chi connectivity index (χ3v) is 3.73. The molecule has 0 aliphatic heterocycles. The third kappa shape index (κ3) is 4.95. The maximum atomic E-state index is 12.9. The second-order valence-corrected chi connectivity index (χ2v) is 5.43. The monoisotopic (exact) mass is 356 g/mol. The number of benzene rings is 1. The molecule has 2 rings (SSSR count). The molecule has 7 nitrogen and oxygen atoms in total. The number of aromatic nitrogens is 1. The predicted octanol–water partition coefficient (Wildman–Crippen LogP) is 3.88. The summed E-state index contributed by atoms with van der Waals surface area (Å²) in [5.74, 6) is 0.274. The molecule has 1 heterocycles. The molecule has 0 aliphatic carbocycles. The number of amides is 2. The molecule has 1 aromatic carbocycles. The van der Waals surface area contributed by atoms with E-state index in [0.717, 1.165) is 5.69 Å². The van der Waals surface area contributed by atoms with Gasteiger partial charge in [-0.1, -0.05) is 18.2 Å². The molecule has 7 heteroatoms. The average Bonchev–Trinajstić information content (AvgIpc) is 2.65. The molecule has 0 unspecified atom stereocenters. The number of hydrogen-bond acceptors (Lipinski definition) is 5. The first-order chi connectivity index (χ1) is 12.6. The molecule has 0 atom stereocenters. The van der Waals surface area contributed by atoms with Gasteiger partial charge in [-0.3, -0.25) is 10.1 Å². The topological polar surface area (TPSA) is 83.6 Å². The van der Waals surface area contributed by atoms with Gasteiger partial charge in [-0.25, -0.2) is 9.78 Å². The highest BCUT2D eigenvalue weighted by molar-refractivity contribution is 6.01. The maximum Gasteiger partial charge on any atom is 0.411 e. The van der Waals surface area contributed by atoms with E-state index >= 15 is 0 Å². The highest BCUT2D eigenvalue weighted by Gasteiger charge is 2.19. The second-order valence-electron chi connectivity index (χ2n) is 5.43. The Bertz CT molecular complexity index is 746. The molecule has 0 saturated carbocycles. The van der Waals surface area contributed by atoms with Crippen LogP contribution in [0.25, 0.3) is 0 Å². The number of nitrogens with zero attached hydrogens (tertiary/aromatic N) is 2. The fraction of sp³-hybridized carbons (Fsp3) is 0.316. The van der Waals surface area contributed by atoms with Gasteiger partial charge in [0.2, 0.25) is 0 Å². The van der Waals surface area contributed by atoms with Crippen molar-refractivity contribution in [3.05, 3.63) is 48.2 Å². The van der Waals surface area contributed by atoms with Crippen LogP contribution >= 0.6 is 0 Å². The standard InChI is InChI=1S/C19H24N4O3/c1-4-23(5-2)18(24)16-12-15(22-19(25)26-6-3)13-20-17(16)21-14-10-8-7-9-11-14/h7-13H,4-6H2,1-3H3,(H,20,21)(H,22,25). The van der Waals surface area contributed by atoms with E-state index in [-0.39, 0.29) is 12.5 Å². The van der Waals surface area contributed by atoms with Crippen LogP contribution in [0.3, 0.4) is 0 Å². The lowest BCUT2D eigenvalue weighted by Gasteiger charge is -2.21. The van der Waals surface area contributed by atoms with E-state index in [2.05, 4.69) is 15.6 Å². The first-order valence-electron chi connectivity index (χ1n) is 8.64. The number of nitrogens with one attached hydrogen (secondary N) is 2. The lowest BCUT2D eigenvalue weighted by atomic mass is 10.2. The van der Waals surface area contributed by atoms with Gasteiger partial charge in [0, 0.05) is 18.8 Å². The van der Waals surface area contributed by atoms with Gasteiger partial charge >= 0.3 is 6.09 Å². The minimum Gasteiger partial charge on any atom is -0.450 e. The number of rotatable bonds is 7. The van der Waals surface area contributed by atoms with Gasteiger partial charge in [-0.2, -0.15) is 0 Å². The van der Waals surface area contributed by atoms with Gasteiger partial charge in [-0.05, 0) is 39.0 Å². The summed E-state index contributed by atoms with van der Waals surface area (Å²) in [6, 6.07) is 11.1. The summed E-state index contributed by atoms with van der Waals surface area (Å²) in [5.41, 5.74) is 1.60. The van der Waals surface area contributed by atoms with Crippen LogP contribution in [0.1, 0.15) is 31.1 Å². The number of ether oxygens (including phenoxy) is 1. The van der Waals surface area contributed by atoms with Crippen LogP contribution in [0.4, 0.5) is 22.0 Å². The fourth-order valence-corrected chi connectivity index (χ4v) is 2.42. The zero-order valence-corrected chi connectivity index (χ0v) is 15.3. The smallest absolute Gasteiger partial charge is 0.411 e. The van der Waals surface area contributed by atoms with E-state index in [1.807, 2.05) is 44.2 Å². The lowest BCUT2D eigenvalue weighted by molar-refractivity contribution is 0.0773. The highest BCUT2D eigenvalue weighted by atomic mass is 16.5. The lowest BCUT2D eigenvalue weighted by Crippen LogP contribution is -2.31. The van der Waals surface area contributed by atoms with Crippen molar-refractivity contribution in [1.29, 1.82) is 0 Å². The molecule has 0 radical (unpaired) electrons. The van der Waals surface area contributed by atoms with Crippen molar-refractivity contribution in [2.24, 2.45) is 0 Å². The van der Waals surface area contributed by atoms with Gasteiger partial charge in [0.15, 0.2) is 0 Å². The van der Waals surface area contributed by atoms with Crippen LogP contribution in [-0.2, 0) is 4.74 Å². The predicted molar refractivity (Wildman–Crippen MR) is 102 cm³/mol. The summed E-state index contributed by atoms with van der Waals surface area (Å²) in [4.78, 5) is 30.6. The van der Waals surface area contributed by atoms with Crippen LogP contribution in [-0.4, -0.2) is 41.6 Å². The maximum absolute atomic E-state index is 12.9. The highest BCUT2D eigenvalue weighted by Crippen LogP contribution is 2.23. The minimum atomic E-state index is -0.584. The van der Waals surface area contributed by atoms with Crippen molar-refractivity contribution in [2.75, 3.05) is 30.3 Å². The van der Waals surface area contributed by atoms with Crippen LogP contribution in [0.15, 0.2) is 42.6 Å². The normalized spacial score (nSPS) is 10.1. The Hall–Kier alpha value is -3.09. The molecular weight excluding hydrogens is 332 g/mol. The van der Waals surface area contributed by atoms with E-state index in [0.29, 0.717) is 30.2 Å². The largest absolute Gasteiger partial charge is 0.450 e. The molecule has 1 aromatic heterocycles. The summed E-state index contributed by atoms with van der Waals surface area (Å²) in [7, 11) is 0. The number of carbonyl (C=O) groups excluding carboxylic acids is 2. The summed E-state index contributed by atoms with van der Waals surface area (Å²) in [5, 5.41) is 5.74. The molecular formula is C19H24N4O3. The first-order valence-corrected chi connectivity index (χ1v) is 8.64. The van der Waals surface area contributed by atoms with E-state index in [1.54, 1.807) is 17.9 Å². The Kier molecular flexibility index (Phi) is 6.96. The van der Waals surface area contributed by atoms with Gasteiger partial charge in [0.25, 0.3) is 5.91 Å². The fourth-order valence-electron chi connectivity index (χ4n) is 2.42. The Balaban J connectivity index is 2.36. The molecule has 0 aliphatic rings. The van der Waals surface area contributed by atoms with E-state index < -0.39 is 6.09 Å². The quantitative estimate of drug-likeness (QED) is 0.787. The third-order valence-electron chi connectivity index (χ3n) is 3.73. The Morgan fingerprint density at radius 2 is 1.77 bits per heavy atom. The van der Waals surface area contributed by atoms with Crippen LogP contribution < -0.4 is 10.6 Å². The van der Waals surface area contributed by atoms with Crippen molar-refractivity contribution in [3.8, 4) is 0 Å². The van der Waals surface area contributed by atoms with E-state index in [4.69, 9.17) is 4.74 Å². The number of carbonyl (C=O) groups is 2. The van der Waals surface area contributed by atoms with Gasteiger partial charge in [-0.15, -0.1) is 0 Å². The Morgan fingerprint density at radius 1 is 1.08 bits per heavy atom. The molecule has 2 aromatic rings. The van der Waals surface area contributed by atoms with Gasteiger partial charge in [0.05, 0.1) is 24.1 Å². The minimum absolute atomic E-state index is 0.159. The molecule has 0 saturated heterocycles. The van der Waals surface area contributed by atoms with Crippen molar-refractivity contribution >= 4 is 29.2 Å². The number of pyridine rings is 1. The van der Waals surface area contributed by atoms with Crippen molar-refractivity contribution in [3.63, 3.8) is 0 Å². The molecule has 0 bridgehead atoms. The zero-order chi connectivity index (χ0) is 18.9. The van der Waals surface area contributed by atoms with Crippen LogP contribution in [0.2, 0.25) is 0 Å². The molecule has 2 amide bonds. The van der Waals surface area contributed by atoms with Crippen molar-refractivity contribution in [1.82, 2.24) is 9.88 Å². The molecule has 26 heavy (non-hydrogen) atoms. The zero-order valence-electron chi connectivity index (χ0n) is 15.3. The van der Waals surface area contributed by atoms with Crippen molar-refractivity contribution < 1.29 is 14.3 Å². The second kappa shape index (κ2) is 9.41. The average molecular weight is 356 g/mol. The van der Waals surface area contributed by atoms with Crippen molar-refractivity contribution in [2.45, 2.75) is 20.8 Å². The van der Waals surface area contributed by atoms with Gasteiger partial charge in [0.1, 0.15) is 5.82 Å². The van der Waals surface area contributed by atoms with Crippen LogP contribution in [0.5, 0.6) is 0 Å². The van der Waals surface area contributed by atoms with E-state index in [1.165, 1.54) is 6.20 Å². The Labute approximate surface area is 153 Å². The van der Waals surface area contributed by atoms with Gasteiger partial charge < -0.3 is 15.0 Å². The number of anilines is 3. The summed E-state index contributed by atoms with van der Waals surface area (Å²) < 4.78 is 4.87. The number of hydrogen-bond donors (Lipinski definition) is 2.